The maximum absolute atomic E-state index is 13.0. The van der Waals surface area contributed by atoms with E-state index in [2.05, 4.69) is 5.32 Å². The Hall–Kier alpha value is -2.45. The minimum absolute atomic E-state index is 0.0701. The fourth-order valence-electron chi connectivity index (χ4n) is 3.30. The first-order valence-corrected chi connectivity index (χ1v) is 8.57. The number of hydrogen-bond donors (Lipinski definition) is 1. The highest BCUT2D eigenvalue weighted by Gasteiger charge is 2.33. The molecule has 0 aromatic heterocycles. The van der Waals surface area contributed by atoms with Crippen LogP contribution in [-0.4, -0.2) is 24.1 Å². The smallest absolute Gasteiger partial charge is 0.373 e. The summed E-state index contributed by atoms with van der Waals surface area (Å²) in [6, 6.07) is 12.3. The Morgan fingerprint density at radius 3 is 2.59 bits per heavy atom. The van der Waals surface area contributed by atoms with Gasteiger partial charge in [0.2, 0.25) is 0 Å². The summed E-state index contributed by atoms with van der Waals surface area (Å²) in [7, 11) is 0. The summed E-state index contributed by atoms with van der Waals surface area (Å²) in [5.41, 5.74) is -0.403. The van der Waals surface area contributed by atoms with Crippen LogP contribution in [0.15, 0.2) is 48.5 Å². The van der Waals surface area contributed by atoms with E-state index < -0.39 is 22.4 Å². The second kappa shape index (κ2) is 8.06. The molecule has 0 unspecified atom stereocenters. The molecule has 8 heteroatoms. The van der Waals surface area contributed by atoms with E-state index in [-0.39, 0.29) is 24.2 Å². The lowest BCUT2D eigenvalue weighted by molar-refractivity contribution is -0.385. The number of ether oxygens (including phenoxy) is 1. The van der Waals surface area contributed by atoms with Crippen molar-refractivity contribution in [1.82, 2.24) is 5.32 Å². The highest BCUT2D eigenvalue weighted by atomic mass is 19.4. The number of nitro groups is 1. The van der Waals surface area contributed by atoms with E-state index in [9.17, 15) is 23.3 Å². The van der Waals surface area contributed by atoms with Crippen molar-refractivity contribution in [3.05, 3.63) is 75.3 Å². The number of hydrogen-bond acceptors (Lipinski definition) is 4. The average molecular weight is 380 g/mol. The number of piperidine rings is 1. The molecule has 2 atom stereocenters. The van der Waals surface area contributed by atoms with Crippen LogP contribution in [0.25, 0.3) is 0 Å². The molecule has 0 saturated carbocycles. The second-order valence-corrected chi connectivity index (χ2v) is 6.50. The van der Waals surface area contributed by atoms with E-state index in [0.717, 1.165) is 24.2 Å². The summed E-state index contributed by atoms with van der Waals surface area (Å²) in [5, 5.41) is 14.3. The van der Waals surface area contributed by atoms with Crippen LogP contribution in [0.5, 0.6) is 0 Å². The van der Waals surface area contributed by atoms with Crippen LogP contribution in [0, 0.1) is 10.1 Å². The van der Waals surface area contributed by atoms with Crippen molar-refractivity contribution >= 4 is 5.69 Å². The molecule has 144 valence electrons. The van der Waals surface area contributed by atoms with Crippen LogP contribution in [0.2, 0.25) is 0 Å². The third kappa shape index (κ3) is 4.84. The van der Waals surface area contributed by atoms with E-state index in [1.807, 2.05) is 30.3 Å². The van der Waals surface area contributed by atoms with Crippen molar-refractivity contribution in [2.45, 2.75) is 31.2 Å². The fraction of sp³-hybridized carbons (Fsp3) is 0.368. The lowest BCUT2D eigenvalue weighted by atomic mass is 9.89. The predicted octanol–water partition coefficient (Wildman–Crippen LogP) is 4.28. The van der Waals surface area contributed by atoms with Crippen molar-refractivity contribution < 1.29 is 22.8 Å². The van der Waals surface area contributed by atoms with Crippen molar-refractivity contribution in [2.24, 2.45) is 0 Å². The molecule has 1 heterocycles. The van der Waals surface area contributed by atoms with Gasteiger partial charge in [0.25, 0.3) is 5.69 Å². The topological polar surface area (TPSA) is 64.4 Å². The molecule has 0 bridgehead atoms. The molecule has 1 saturated heterocycles. The molecule has 0 amide bonds. The monoisotopic (exact) mass is 380 g/mol. The van der Waals surface area contributed by atoms with Crippen LogP contribution in [0.3, 0.4) is 0 Å². The molecule has 1 N–H and O–H groups in total. The Bertz CT molecular complexity index is 797. The quantitative estimate of drug-likeness (QED) is 0.621. The zero-order valence-electron chi connectivity index (χ0n) is 14.4. The normalized spacial score (nSPS) is 20.4. The van der Waals surface area contributed by atoms with Crippen LogP contribution in [0.1, 0.15) is 29.0 Å². The number of nitro benzene ring substituents is 1. The minimum atomic E-state index is -4.65. The van der Waals surface area contributed by atoms with Gasteiger partial charge in [-0.15, -0.1) is 0 Å². The number of nitrogens with one attached hydrogen (secondary N) is 1. The standard InChI is InChI=1S/C19H19F3N2O3/c20-19(21,22)15-8-13(9-16(10-15)24(25)26)12-27-18-6-7-23-11-17(18)14-4-2-1-3-5-14/h1-5,8-10,17-18,23H,6-7,11-12H2/t17-,18-/m0/s1. The van der Waals surface area contributed by atoms with Gasteiger partial charge >= 0.3 is 6.18 Å². The third-order valence-corrected chi connectivity index (χ3v) is 4.63. The van der Waals surface area contributed by atoms with Crippen molar-refractivity contribution in [3.63, 3.8) is 0 Å². The minimum Gasteiger partial charge on any atom is -0.373 e. The molecule has 1 aliphatic heterocycles. The maximum atomic E-state index is 13.0. The zero-order valence-corrected chi connectivity index (χ0v) is 14.4. The summed E-state index contributed by atoms with van der Waals surface area (Å²) < 4.78 is 45.0. The Balaban J connectivity index is 1.78. The van der Waals surface area contributed by atoms with Crippen molar-refractivity contribution in [1.29, 1.82) is 0 Å². The average Bonchev–Trinajstić information content (AvgIpc) is 2.66. The molecule has 1 fully saturated rings. The molecule has 0 aliphatic carbocycles. The van der Waals surface area contributed by atoms with E-state index in [1.54, 1.807) is 0 Å². The van der Waals surface area contributed by atoms with Crippen LogP contribution in [-0.2, 0) is 17.5 Å². The Morgan fingerprint density at radius 1 is 1.19 bits per heavy atom. The first-order chi connectivity index (χ1) is 12.8. The fourth-order valence-corrected chi connectivity index (χ4v) is 3.30. The van der Waals surface area contributed by atoms with Crippen LogP contribution in [0.4, 0.5) is 18.9 Å². The van der Waals surface area contributed by atoms with Gasteiger partial charge < -0.3 is 10.1 Å². The summed E-state index contributed by atoms with van der Waals surface area (Å²) in [6.07, 6.45) is -4.12. The molecule has 27 heavy (non-hydrogen) atoms. The first kappa shape index (κ1) is 19.3. The van der Waals surface area contributed by atoms with Crippen LogP contribution >= 0.6 is 0 Å². The second-order valence-electron chi connectivity index (χ2n) is 6.50. The summed E-state index contributed by atoms with van der Waals surface area (Å²) in [4.78, 5) is 10.1. The number of halogens is 3. The highest BCUT2D eigenvalue weighted by Crippen LogP contribution is 2.33. The SMILES string of the molecule is O=[N+]([O-])c1cc(CO[C@H]2CCNC[C@H]2c2ccccc2)cc(C(F)(F)F)c1. The molecular weight excluding hydrogens is 361 g/mol. The Kier molecular flexibility index (Phi) is 5.76. The lowest BCUT2D eigenvalue weighted by Gasteiger charge is -2.32. The Morgan fingerprint density at radius 2 is 1.93 bits per heavy atom. The van der Waals surface area contributed by atoms with E-state index in [1.165, 1.54) is 0 Å². The number of nitrogens with zero attached hydrogens (tertiary/aromatic N) is 1. The number of alkyl halides is 3. The van der Waals surface area contributed by atoms with E-state index >= 15 is 0 Å². The molecular formula is C19H19F3N2O3. The van der Waals surface area contributed by atoms with Gasteiger partial charge in [0.1, 0.15) is 0 Å². The maximum Gasteiger partial charge on any atom is 0.416 e. The molecule has 5 nitrogen and oxygen atoms in total. The molecule has 2 aromatic carbocycles. The number of rotatable bonds is 5. The highest BCUT2D eigenvalue weighted by molar-refractivity contribution is 5.40. The molecule has 3 rings (SSSR count). The van der Waals surface area contributed by atoms with E-state index in [0.29, 0.717) is 19.0 Å². The van der Waals surface area contributed by atoms with Gasteiger partial charge in [-0.05, 0) is 30.2 Å². The predicted molar refractivity (Wildman–Crippen MR) is 93.3 cm³/mol. The first-order valence-electron chi connectivity index (χ1n) is 8.57. The van der Waals surface area contributed by atoms with Gasteiger partial charge in [-0.1, -0.05) is 30.3 Å². The summed E-state index contributed by atoms with van der Waals surface area (Å²) in [6.45, 7) is 1.34. The lowest BCUT2D eigenvalue weighted by Crippen LogP contribution is -2.39. The van der Waals surface area contributed by atoms with Gasteiger partial charge in [-0.2, -0.15) is 13.2 Å². The van der Waals surface area contributed by atoms with Crippen molar-refractivity contribution in [3.8, 4) is 0 Å². The molecule has 1 aliphatic rings. The van der Waals surface area contributed by atoms with Gasteiger partial charge in [0.05, 0.1) is 23.2 Å². The van der Waals surface area contributed by atoms with Gasteiger partial charge in [0, 0.05) is 24.6 Å². The number of non-ortho nitro benzene ring substituents is 1. The molecule has 0 radical (unpaired) electrons. The van der Waals surface area contributed by atoms with E-state index in [4.69, 9.17) is 4.74 Å². The molecule has 2 aromatic rings. The van der Waals surface area contributed by atoms with Gasteiger partial charge in [-0.25, -0.2) is 0 Å². The van der Waals surface area contributed by atoms with Gasteiger partial charge in [-0.3, -0.25) is 10.1 Å². The van der Waals surface area contributed by atoms with Crippen molar-refractivity contribution in [2.75, 3.05) is 13.1 Å². The van der Waals surface area contributed by atoms with Crippen LogP contribution < -0.4 is 5.32 Å². The summed E-state index contributed by atoms with van der Waals surface area (Å²) in [5.74, 6) is 0.0701. The zero-order chi connectivity index (χ0) is 19.4. The Labute approximate surface area is 154 Å². The van der Waals surface area contributed by atoms with Gasteiger partial charge in [0.15, 0.2) is 0 Å². The number of benzene rings is 2. The largest absolute Gasteiger partial charge is 0.416 e. The third-order valence-electron chi connectivity index (χ3n) is 4.63. The summed E-state index contributed by atoms with van der Waals surface area (Å²) >= 11 is 0. The molecule has 0 spiro atoms.